The maximum atomic E-state index is 12.0. The van der Waals surface area contributed by atoms with E-state index in [1.165, 1.54) is 12.0 Å². The van der Waals surface area contributed by atoms with Crippen LogP contribution in [0.4, 0.5) is 4.79 Å². The topological polar surface area (TPSA) is 71.6 Å². The summed E-state index contributed by atoms with van der Waals surface area (Å²) in [6.45, 7) is 7.75. The number of benzene rings is 1. The largest absolute Gasteiger partial charge is 0.465 e. The van der Waals surface area contributed by atoms with E-state index in [4.69, 9.17) is 9.47 Å². The molecule has 0 fully saturated rings. The molecule has 6 heteroatoms. The van der Waals surface area contributed by atoms with E-state index >= 15 is 0 Å². The molecule has 0 bridgehead atoms. The van der Waals surface area contributed by atoms with E-state index in [1.54, 1.807) is 13.1 Å². The molecular weight excluding hydrogens is 308 g/mol. The Bertz CT molecular complexity index is 771. The first kappa shape index (κ1) is 17.8. The molecule has 24 heavy (non-hydrogen) atoms. The van der Waals surface area contributed by atoms with Crippen molar-refractivity contribution in [3.05, 3.63) is 35.0 Å². The molecule has 1 aromatic carbocycles. The van der Waals surface area contributed by atoms with E-state index in [9.17, 15) is 9.59 Å². The Morgan fingerprint density at radius 3 is 2.46 bits per heavy atom. The molecule has 6 nitrogen and oxygen atoms in total. The minimum Gasteiger partial charge on any atom is -0.465 e. The van der Waals surface area contributed by atoms with Crippen LogP contribution in [-0.2, 0) is 16.0 Å². The summed E-state index contributed by atoms with van der Waals surface area (Å²) in [6, 6.07) is 5.66. The first-order valence-electron chi connectivity index (χ1n) is 7.75. The lowest BCUT2D eigenvalue weighted by atomic mass is 10.1. The summed E-state index contributed by atoms with van der Waals surface area (Å²) < 4.78 is 10.1. The molecule has 130 valence electrons. The fourth-order valence-electron chi connectivity index (χ4n) is 2.43. The van der Waals surface area contributed by atoms with Crippen molar-refractivity contribution in [2.24, 2.45) is 0 Å². The molecule has 1 heterocycles. The lowest BCUT2D eigenvalue weighted by molar-refractivity contribution is 0.0283. The van der Waals surface area contributed by atoms with Crippen LogP contribution in [0.15, 0.2) is 18.2 Å². The Labute approximate surface area is 141 Å². The molecule has 0 unspecified atom stereocenters. The number of aryl methyl sites for hydroxylation is 1. The van der Waals surface area contributed by atoms with Crippen LogP contribution < -0.4 is 0 Å². The van der Waals surface area contributed by atoms with E-state index in [-0.39, 0.29) is 12.1 Å². The van der Waals surface area contributed by atoms with Crippen LogP contribution in [0.1, 0.15) is 42.4 Å². The molecule has 1 N–H and O–H groups in total. The van der Waals surface area contributed by atoms with E-state index < -0.39 is 5.60 Å². The smallest absolute Gasteiger partial charge is 0.410 e. The van der Waals surface area contributed by atoms with Crippen molar-refractivity contribution in [1.29, 1.82) is 0 Å². The Hall–Kier alpha value is -2.50. The van der Waals surface area contributed by atoms with E-state index in [1.807, 2.05) is 39.8 Å². The monoisotopic (exact) mass is 332 g/mol. The third-order valence-electron chi connectivity index (χ3n) is 3.54. The van der Waals surface area contributed by atoms with Crippen molar-refractivity contribution >= 4 is 23.0 Å². The molecule has 0 atom stereocenters. The van der Waals surface area contributed by atoms with Gasteiger partial charge in [0.1, 0.15) is 5.60 Å². The van der Waals surface area contributed by atoms with Crippen molar-refractivity contribution in [2.75, 3.05) is 14.2 Å². The zero-order valence-electron chi connectivity index (χ0n) is 15.0. The molecule has 0 saturated carbocycles. The number of carbonyl (C=O) groups is 2. The number of fused-ring (bicyclic) bond motifs is 1. The van der Waals surface area contributed by atoms with Gasteiger partial charge < -0.3 is 19.4 Å². The number of aromatic nitrogens is 1. The summed E-state index contributed by atoms with van der Waals surface area (Å²) in [7, 11) is 3.05. The molecule has 0 aliphatic heterocycles. The Kier molecular flexibility index (Phi) is 4.87. The zero-order valence-corrected chi connectivity index (χ0v) is 15.0. The highest BCUT2D eigenvalue weighted by molar-refractivity contribution is 5.96. The molecule has 0 aliphatic rings. The first-order valence-corrected chi connectivity index (χ1v) is 7.75. The summed E-state index contributed by atoms with van der Waals surface area (Å²) in [5.74, 6) is -0.364. The minimum atomic E-state index is -0.529. The number of nitrogens with one attached hydrogen (secondary N) is 1. The van der Waals surface area contributed by atoms with Crippen LogP contribution in [0.5, 0.6) is 0 Å². The number of methoxy groups -OCH3 is 1. The number of carbonyl (C=O) groups excluding carboxylic acids is 2. The number of aromatic amines is 1. The molecule has 1 aromatic heterocycles. The molecule has 0 radical (unpaired) electrons. The summed E-state index contributed by atoms with van der Waals surface area (Å²) in [5, 5.41) is 0.979. The van der Waals surface area contributed by atoms with Crippen molar-refractivity contribution in [1.82, 2.24) is 9.88 Å². The first-order chi connectivity index (χ1) is 11.1. The van der Waals surface area contributed by atoms with Gasteiger partial charge in [0.15, 0.2) is 0 Å². The van der Waals surface area contributed by atoms with Gasteiger partial charge in [-0.15, -0.1) is 0 Å². The second-order valence-electron chi connectivity index (χ2n) is 6.88. The van der Waals surface area contributed by atoms with Gasteiger partial charge in [0, 0.05) is 23.6 Å². The summed E-state index contributed by atoms with van der Waals surface area (Å²) in [5.41, 5.74) is 2.53. The van der Waals surface area contributed by atoms with Crippen molar-refractivity contribution < 1.29 is 19.1 Å². The number of ether oxygens (including phenoxy) is 2. The number of nitrogens with zero attached hydrogens (tertiary/aromatic N) is 1. The number of amides is 1. The van der Waals surface area contributed by atoms with Crippen molar-refractivity contribution in [3.63, 3.8) is 0 Å². The van der Waals surface area contributed by atoms with Crippen LogP contribution in [0.25, 0.3) is 10.9 Å². The second kappa shape index (κ2) is 6.55. The van der Waals surface area contributed by atoms with Gasteiger partial charge in [0.2, 0.25) is 0 Å². The Morgan fingerprint density at radius 2 is 1.88 bits per heavy atom. The fraction of sp³-hybridized carbons (Fsp3) is 0.444. The fourth-order valence-corrected chi connectivity index (χ4v) is 2.43. The summed E-state index contributed by atoms with van der Waals surface area (Å²) >= 11 is 0. The molecule has 0 spiro atoms. The van der Waals surface area contributed by atoms with E-state index in [0.29, 0.717) is 12.1 Å². The van der Waals surface area contributed by atoms with Crippen LogP contribution >= 0.6 is 0 Å². The quantitative estimate of drug-likeness (QED) is 0.871. The van der Waals surface area contributed by atoms with Gasteiger partial charge in [-0.1, -0.05) is 0 Å². The third kappa shape index (κ3) is 4.07. The van der Waals surface area contributed by atoms with Crippen LogP contribution in [0, 0.1) is 6.92 Å². The highest BCUT2D eigenvalue weighted by Gasteiger charge is 2.20. The average molecular weight is 332 g/mol. The molecule has 1 amide bonds. The van der Waals surface area contributed by atoms with Crippen LogP contribution in [0.2, 0.25) is 0 Å². The predicted octanol–water partition coefficient (Wildman–Crippen LogP) is 3.63. The van der Waals surface area contributed by atoms with Crippen LogP contribution in [-0.4, -0.2) is 41.7 Å². The van der Waals surface area contributed by atoms with Gasteiger partial charge in [-0.05, 0) is 51.5 Å². The van der Waals surface area contributed by atoms with Gasteiger partial charge in [0.25, 0.3) is 0 Å². The zero-order chi connectivity index (χ0) is 18.1. The molecular formula is C18H24N2O4. The normalized spacial score (nSPS) is 11.4. The molecule has 0 aliphatic carbocycles. The predicted molar refractivity (Wildman–Crippen MR) is 92.1 cm³/mol. The van der Waals surface area contributed by atoms with Gasteiger partial charge in [-0.2, -0.15) is 0 Å². The SMILES string of the molecule is COC(=O)c1cc2[nH]c(CN(C)C(=O)OC(C)(C)C)cc2cc1C. The van der Waals surface area contributed by atoms with Gasteiger partial charge in [-0.25, -0.2) is 9.59 Å². The van der Waals surface area contributed by atoms with E-state index in [0.717, 1.165) is 22.2 Å². The number of hydrogen-bond donors (Lipinski definition) is 1. The van der Waals surface area contributed by atoms with Crippen molar-refractivity contribution in [3.8, 4) is 0 Å². The number of rotatable bonds is 3. The Morgan fingerprint density at radius 1 is 1.21 bits per heavy atom. The maximum absolute atomic E-state index is 12.0. The lowest BCUT2D eigenvalue weighted by Gasteiger charge is -2.24. The molecule has 0 saturated heterocycles. The number of hydrogen-bond acceptors (Lipinski definition) is 4. The number of H-pyrrole nitrogens is 1. The van der Waals surface area contributed by atoms with Gasteiger partial charge in [-0.3, -0.25) is 0 Å². The van der Waals surface area contributed by atoms with Crippen LogP contribution in [0.3, 0.4) is 0 Å². The second-order valence-corrected chi connectivity index (χ2v) is 6.88. The lowest BCUT2D eigenvalue weighted by Crippen LogP contribution is -2.33. The summed E-state index contributed by atoms with van der Waals surface area (Å²) in [4.78, 5) is 28.6. The van der Waals surface area contributed by atoms with Gasteiger partial charge in [0.05, 0.1) is 19.2 Å². The standard InChI is InChI=1S/C18H24N2O4/c1-11-7-12-8-13(10-20(5)17(22)24-18(2,3)4)19-15(12)9-14(11)16(21)23-6/h7-9,19H,10H2,1-6H3. The summed E-state index contributed by atoms with van der Waals surface area (Å²) in [6.07, 6.45) is -0.382. The molecule has 2 rings (SSSR count). The van der Waals surface area contributed by atoms with Crippen molar-refractivity contribution in [2.45, 2.75) is 39.8 Å². The highest BCUT2D eigenvalue weighted by Crippen LogP contribution is 2.22. The number of esters is 1. The maximum Gasteiger partial charge on any atom is 0.410 e. The highest BCUT2D eigenvalue weighted by atomic mass is 16.6. The Balaban J connectivity index is 2.22. The molecule has 2 aromatic rings. The van der Waals surface area contributed by atoms with Gasteiger partial charge >= 0.3 is 12.1 Å². The average Bonchev–Trinajstić information content (AvgIpc) is 2.84. The minimum absolute atomic E-state index is 0.364. The third-order valence-corrected chi connectivity index (χ3v) is 3.54. The van der Waals surface area contributed by atoms with E-state index in [2.05, 4.69) is 4.98 Å².